The molecule has 0 bridgehead atoms. The Hall–Kier alpha value is -4.07. The van der Waals surface area contributed by atoms with Crippen LogP contribution < -0.4 is 15.4 Å². The number of hydrogen-bond donors (Lipinski definition) is 2. The van der Waals surface area contributed by atoms with Crippen LogP contribution >= 0.6 is 11.6 Å². The normalized spacial score (nSPS) is 14.3. The van der Waals surface area contributed by atoms with Gasteiger partial charge in [-0.3, -0.25) is 4.99 Å². The van der Waals surface area contributed by atoms with Gasteiger partial charge in [-0.15, -0.1) is 0 Å². The van der Waals surface area contributed by atoms with Gasteiger partial charge < -0.3 is 20.5 Å². The number of aliphatic imine (C=N–C) groups is 1. The Labute approximate surface area is 226 Å². The monoisotopic (exact) mass is 532 g/mol. The molecule has 4 rings (SSSR count). The summed E-state index contributed by atoms with van der Waals surface area (Å²) in [4.78, 5) is 24.7. The van der Waals surface area contributed by atoms with Crippen molar-refractivity contribution >= 4 is 23.1 Å². The molecule has 0 aliphatic carbocycles. The Morgan fingerprint density at radius 2 is 2.18 bits per heavy atom. The van der Waals surface area contributed by atoms with Crippen LogP contribution in [0.5, 0.6) is 5.75 Å². The summed E-state index contributed by atoms with van der Waals surface area (Å²) in [7, 11) is 1.58. The number of hydrogen-bond acceptors (Lipinski definition) is 10. The number of nitriles is 1. The minimum Gasteiger partial charge on any atom is -0.491 e. The molecule has 10 nitrogen and oxygen atoms in total. The Balaban J connectivity index is 1.83. The maximum absolute atomic E-state index is 10.1. The van der Waals surface area contributed by atoms with E-state index >= 15 is 0 Å². The van der Waals surface area contributed by atoms with Crippen molar-refractivity contribution in [2.45, 2.75) is 45.9 Å². The van der Waals surface area contributed by atoms with E-state index in [1.807, 2.05) is 13.8 Å². The quantitative estimate of drug-likeness (QED) is 0.310. The van der Waals surface area contributed by atoms with E-state index in [4.69, 9.17) is 32.0 Å². The number of rotatable bonds is 9. The lowest BCUT2D eigenvalue weighted by Crippen LogP contribution is -2.21. The number of allylic oxidation sites excluding steroid dienone is 1. The van der Waals surface area contributed by atoms with Crippen molar-refractivity contribution in [3.05, 3.63) is 70.0 Å². The van der Waals surface area contributed by atoms with Gasteiger partial charge in [-0.2, -0.15) is 5.26 Å². The van der Waals surface area contributed by atoms with Gasteiger partial charge >= 0.3 is 0 Å². The molecule has 0 spiro atoms. The first kappa shape index (κ1) is 27.0. The van der Waals surface area contributed by atoms with Crippen LogP contribution in [0.15, 0.2) is 47.5 Å². The molecule has 11 heteroatoms. The highest BCUT2D eigenvalue weighted by Crippen LogP contribution is 2.35. The number of nitrogens with zero attached hydrogens (tertiary/aromatic N) is 7. The summed E-state index contributed by atoms with van der Waals surface area (Å²) in [5, 5.41) is 20.2. The molecule has 196 valence electrons. The van der Waals surface area contributed by atoms with Gasteiger partial charge in [-0.05, 0) is 31.5 Å². The first-order valence-corrected chi connectivity index (χ1v) is 12.6. The number of aromatic nitrogens is 4. The predicted molar refractivity (Wildman–Crippen MR) is 146 cm³/mol. The Kier molecular flexibility index (Phi) is 8.51. The van der Waals surface area contributed by atoms with Crippen molar-refractivity contribution in [3.63, 3.8) is 0 Å². The summed E-state index contributed by atoms with van der Waals surface area (Å²) in [6.45, 7) is 5.15. The summed E-state index contributed by atoms with van der Waals surface area (Å²) in [6, 6.07) is 7.28. The zero-order chi connectivity index (χ0) is 27.2. The van der Waals surface area contributed by atoms with Crippen LogP contribution in [0.25, 0.3) is 11.4 Å². The highest BCUT2D eigenvalue weighted by atomic mass is 35.5. The molecule has 0 amide bonds. The summed E-state index contributed by atoms with van der Waals surface area (Å²) < 4.78 is 5.82. The molecule has 0 saturated carbocycles. The molecular weight excluding hydrogens is 504 g/mol. The standard InChI is InChI=1S/C27H29ClN8O2/c1-4-5-19(37)14-38-20-6-7-22(28)21(8-20)26-34-24(25(31-3)17(9-29)10-30)16(2)27(35-26)36-12-18-11-32-15-33-23(18)13-36/h6-9,11,15,19,37H,4-5,12-14,29H2,1-3H3/t19-/m1/s1. The molecule has 1 aliphatic heterocycles. The Morgan fingerprint density at radius 1 is 1.37 bits per heavy atom. The van der Waals surface area contributed by atoms with Crippen LogP contribution in [-0.2, 0) is 13.1 Å². The summed E-state index contributed by atoms with van der Waals surface area (Å²) in [5.74, 6) is 1.52. The molecule has 1 aliphatic rings. The number of ether oxygens (including phenoxy) is 1. The van der Waals surface area contributed by atoms with E-state index in [2.05, 4.69) is 25.9 Å². The van der Waals surface area contributed by atoms with Crippen LogP contribution in [0.1, 0.15) is 42.3 Å². The molecule has 1 aromatic carbocycles. The zero-order valence-electron chi connectivity index (χ0n) is 21.5. The summed E-state index contributed by atoms with van der Waals surface area (Å²) >= 11 is 6.62. The lowest BCUT2D eigenvalue weighted by Gasteiger charge is -2.22. The summed E-state index contributed by atoms with van der Waals surface area (Å²) in [5.41, 5.74) is 9.95. The van der Waals surface area contributed by atoms with Crippen LogP contribution in [-0.4, -0.2) is 50.5 Å². The van der Waals surface area contributed by atoms with E-state index < -0.39 is 6.10 Å². The van der Waals surface area contributed by atoms with E-state index in [9.17, 15) is 10.4 Å². The van der Waals surface area contributed by atoms with Crippen molar-refractivity contribution < 1.29 is 9.84 Å². The third kappa shape index (κ3) is 5.59. The second-order valence-electron chi connectivity index (χ2n) is 8.85. The number of fused-ring (bicyclic) bond motifs is 1. The van der Waals surface area contributed by atoms with E-state index in [0.717, 1.165) is 23.2 Å². The number of benzene rings is 1. The van der Waals surface area contributed by atoms with Gasteiger partial charge in [0.1, 0.15) is 36.3 Å². The second-order valence-corrected chi connectivity index (χ2v) is 9.26. The smallest absolute Gasteiger partial charge is 0.163 e. The molecule has 0 radical (unpaired) electrons. The van der Waals surface area contributed by atoms with Gasteiger partial charge in [0.15, 0.2) is 5.82 Å². The Morgan fingerprint density at radius 3 is 2.87 bits per heavy atom. The maximum Gasteiger partial charge on any atom is 0.163 e. The number of aliphatic hydroxyl groups excluding tert-OH is 1. The molecule has 0 fully saturated rings. The van der Waals surface area contributed by atoms with Gasteiger partial charge in [0, 0.05) is 42.7 Å². The third-order valence-electron chi connectivity index (χ3n) is 6.24. The second kappa shape index (κ2) is 12.0. The van der Waals surface area contributed by atoms with Crippen LogP contribution in [0.4, 0.5) is 5.82 Å². The van der Waals surface area contributed by atoms with Crippen LogP contribution in [0.3, 0.4) is 0 Å². The molecular formula is C27H29ClN8O2. The molecule has 1 atom stereocenters. The number of nitrogens with two attached hydrogens (primary N) is 1. The summed E-state index contributed by atoms with van der Waals surface area (Å²) in [6.07, 6.45) is 5.48. The average Bonchev–Trinajstić information content (AvgIpc) is 3.36. The third-order valence-corrected chi connectivity index (χ3v) is 6.57. The minimum absolute atomic E-state index is 0.159. The molecule has 3 aromatic rings. The SMILES string of the molecule is CCC[C@@H](O)COc1ccc(Cl)c(-c2nc(C(=NC)C(C#N)=CN)c(C)c(N3Cc4cncnc4C3)n2)c1. The van der Waals surface area contributed by atoms with Crippen molar-refractivity contribution in [1.82, 2.24) is 19.9 Å². The van der Waals surface area contributed by atoms with Gasteiger partial charge in [0.25, 0.3) is 0 Å². The number of aliphatic hydroxyl groups is 1. The number of anilines is 1. The zero-order valence-corrected chi connectivity index (χ0v) is 22.3. The fourth-order valence-corrected chi connectivity index (χ4v) is 4.51. The first-order valence-electron chi connectivity index (χ1n) is 12.2. The average molecular weight is 533 g/mol. The van der Waals surface area contributed by atoms with E-state index in [-0.39, 0.29) is 12.2 Å². The van der Waals surface area contributed by atoms with E-state index in [1.165, 1.54) is 12.5 Å². The fourth-order valence-electron chi connectivity index (χ4n) is 4.31. The van der Waals surface area contributed by atoms with Crippen molar-refractivity contribution in [2.24, 2.45) is 10.7 Å². The molecule has 2 aromatic heterocycles. The lowest BCUT2D eigenvalue weighted by molar-refractivity contribution is 0.0994. The Bertz CT molecular complexity index is 1410. The predicted octanol–water partition coefficient (Wildman–Crippen LogP) is 3.74. The maximum atomic E-state index is 10.1. The largest absolute Gasteiger partial charge is 0.491 e. The van der Waals surface area contributed by atoms with Crippen molar-refractivity contribution in [1.29, 1.82) is 5.26 Å². The van der Waals surface area contributed by atoms with Gasteiger partial charge in [0.2, 0.25) is 0 Å². The van der Waals surface area contributed by atoms with Crippen LogP contribution in [0, 0.1) is 18.3 Å². The first-order chi connectivity index (χ1) is 18.4. The highest BCUT2D eigenvalue weighted by molar-refractivity contribution is 6.33. The molecule has 0 unspecified atom stereocenters. The van der Waals surface area contributed by atoms with E-state index in [1.54, 1.807) is 31.4 Å². The van der Waals surface area contributed by atoms with Gasteiger partial charge in [-0.1, -0.05) is 24.9 Å². The topological polar surface area (TPSA) is 146 Å². The molecule has 0 saturated heterocycles. The molecule has 3 N–H and O–H groups in total. The van der Waals surface area contributed by atoms with Gasteiger partial charge in [0.05, 0.1) is 34.6 Å². The minimum atomic E-state index is -0.566. The van der Waals surface area contributed by atoms with Crippen molar-refractivity contribution in [3.8, 4) is 23.2 Å². The van der Waals surface area contributed by atoms with Gasteiger partial charge in [-0.25, -0.2) is 19.9 Å². The number of halogens is 1. The van der Waals surface area contributed by atoms with Crippen molar-refractivity contribution in [2.75, 3.05) is 18.6 Å². The lowest BCUT2D eigenvalue weighted by atomic mass is 10.0. The molecule has 38 heavy (non-hydrogen) atoms. The van der Waals surface area contributed by atoms with Crippen LogP contribution in [0.2, 0.25) is 5.02 Å². The van der Waals surface area contributed by atoms with E-state index in [0.29, 0.717) is 58.9 Å². The highest BCUT2D eigenvalue weighted by Gasteiger charge is 2.27. The molecule has 3 heterocycles. The fraction of sp³-hybridized carbons (Fsp3) is 0.333.